The van der Waals surface area contributed by atoms with Crippen molar-refractivity contribution >= 4 is 27.6 Å². The van der Waals surface area contributed by atoms with Gasteiger partial charge in [-0.25, -0.2) is 0 Å². The molecule has 3 nitrogen and oxygen atoms in total. The van der Waals surface area contributed by atoms with Crippen molar-refractivity contribution in [2.24, 2.45) is 10.7 Å². The summed E-state index contributed by atoms with van der Waals surface area (Å²) >= 11 is 0. The van der Waals surface area contributed by atoms with Gasteiger partial charge in [-0.3, -0.25) is 4.99 Å². The number of benzene rings is 9. The highest BCUT2D eigenvalue weighted by molar-refractivity contribution is 6.13. The molecule has 2 N–H and O–H groups in total. The van der Waals surface area contributed by atoms with E-state index in [1.807, 2.05) is 12.1 Å². The van der Waals surface area contributed by atoms with Gasteiger partial charge in [0.15, 0.2) is 0 Å². The van der Waals surface area contributed by atoms with E-state index in [1.165, 1.54) is 55.3 Å². The molecule has 1 heterocycles. The Morgan fingerprint density at radius 1 is 0.433 bits per heavy atom. The highest BCUT2D eigenvalue weighted by atomic mass is 15.0. The molecule has 1 aliphatic rings. The molecule has 0 amide bonds. The number of hydrogen-bond donors (Lipinski definition) is 1. The van der Waals surface area contributed by atoms with Crippen LogP contribution >= 0.6 is 0 Å². The molecular weight excluding hydrogens is 727 g/mol. The molecule has 60 heavy (non-hydrogen) atoms. The van der Waals surface area contributed by atoms with Crippen molar-refractivity contribution in [2.45, 2.75) is 11.5 Å². The smallest absolute Gasteiger partial charge is 0.126 e. The van der Waals surface area contributed by atoms with Crippen LogP contribution in [0, 0.1) is 0 Å². The monoisotopic (exact) mass is 767 g/mol. The van der Waals surface area contributed by atoms with Crippen molar-refractivity contribution in [3.8, 4) is 27.9 Å². The Bertz CT molecular complexity index is 3110. The minimum atomic E-state index is -0.507. The van der Waals surface area contributed by atoms with Crippen molar-refractivity contribution in [3.05, 3.63) is 269 Å². The Morgan fingerprint density at radius 2 is 1.00 bits per heavy atom. The molecule has 0 radical (unpaired) electrons. The molecule has 284 valence electrons. The third kappa shape index (κ3) is 5.70. The predicted molar refractivity (Wildman–Crippen MR) is 249 cm³/mol. The van der Waals surface area contributed by atoms with E-state index >= 15 is 0 Å². The molecule has 1 aliphatic carbocycles. The zero-order chi connectivity index (χ0) is 40.0. The molecule has 0 unspecified atom stereocenters. The first-order valence-corrected chi connectivity index (χ1v) is 20.6. The lowest BCUT2D eigenvalue weighted by Crippen LogP contribution is -2.28. The molecule has 0 saturated carbocycles. The van der Waals surface area contributed by atoms with Crippen LogP contribution in [0.1, 0.15) is 45.0 Å². The summed E-state index contributed by atoms with van der Waals surface area (Å²) < 4.78 is 2.41. The standard InChI is InChI=1S/C57H41N3/c58-56(59-55(40-21-8-2-9-22-40)41-23-10-3-11-24-41)43-25-18-30-46(35-43)60-53-34-33-42(39-19-6-1-7-20-39)36-49(53)50-37-52-48(38-54(50)60)47-31-16-17-32-51(47)57(52,44-26-12-4-13-27-44)45-28-14-5-15-29-45/h1-38,55H,(H2,58,59). The Kier molecular flexibility index (Phi) is 8.60. The van der Waals surface area contributed by atoms with Crippen LogP contribution in [0.15, 0.2) is 236 Å². The second-order valence-electron chi connectivity index (χ2n) is 15.7. The number of aliphatic imine (C=N–C) groups is 1. The second kappa shape index (κ2) is 14.6. The van der Waals surface area contributed by atoms with Crippen molar-refractivity contribution in [2.75, 3.05) is 0 Å². The third-order valence-electron chi connectivity index (χ3n) is 12.3. The molecule has 11 rings (SSSR count). The molecular formula is C57H41N3. The van der Waals surface area contributed by atoms with Crippen molar-refractivity contribution in [1.29, 1.82) is 0 Å². The summed E-state index contributed by atoms with van der Waals surface area (Å²) in [6.45, 7) is 0. The Morgan fingerprint density at radius 3 is 1.65 bits per heavy atom. The van der Waals surface area contributed by atoms with Crippen molar-refractivity contribution < 1.29 is 0 Å². The average molecular weight is 768 g/mol. The zero-order valence-electron chi connectivity index (χ0n) is 33.0. The number of aromatic nitrogens is 1. The lowest BCUT2D eigenvalue weighted by molar-refractivity contribution is 0.769. The van der Waals surface area contributed by atoms with Crippen LogP contribution in [0.2, 0.25) is 0 Å². The SMILES string of the molecule is N/C(=N\C(c1ccccc1)c1ccccc1)c1cccc(-n2c3ccc(-c4ccccc4)cc3c3cc4c(cc32)-c2ccccc2C4(c2ccccc2)c2ccccc2)c1. The summed E-state index contributed by atoms with van der Waals surface area (Å²) in [6.07, 6.45) is 0. The van der Waals surface area contributed by atoms with Crippen molar-refractivity contribution in [1.82, 2.24) is 4.57 Å². The van der Waals surface area contributed by atoms with E-state index in [-0.39, 0.29) is 6.04 Å². The van der Waals surface area contributed by atoms with Crippen LogP contribution in [0.25, 0.3) is 49.7 Å². The van der Waals surface area contributed by atoms with Gasteiger partial charge in [0.05, 0.1) is 16.4 Å². The van der Waals surface area contributed by atoms with Gasteiger partial charge in [-0.05, 0) is 92.0 Å². The number of rotatable bonds is 8. The third-order valence-corrected chi connectivity index (χ3v) is 12.3. The van der Waals surface area contributed by atoms with Gasteiger partial charge in [0.1, 0.15) is 11.9 Å². The maximum atomic E-state index is 7.01. The first-order chi connectivity index (χ1) is 29.7. The maximum absolute atomic E-state index is 7.01. The molecule has 0 saturated heterocycles. The second-order valence-corrected chi connectivity index (χ2v) is 15.7. The van der Waals surface area contributed by atoms with Crippen LogP contribution < -0.4 is 5.73 Å². The van der Waals surface area contributed by atoms with E-state index in [1.54, 1.807) is 0 Å². The fourth-order valence-electron chi connectivity index (χ4n) is 9.67. The van der Waals surface area contributed by atoms with Crippen molar-refractivity contribution in [3.63, 3.8) is 0 Å². The minimum Gasteiger partial charge on any atom is -0.383 e. The minimum absolute atomic E-state index is 0.238. The number of nitrogens with zero attached hydrogens (tertiary/aromatic N) is 2. The van der Waals surface area contributed by atoms with E-state index < -0.39 is 5.41 Å². The van der Waals surface area contributed by atoms with E-state index in [0.29, 0.717) is 5.84 Å². The van der Waals surface area contributed by atoms with E-state index in [4.69, 9.17) is 10.7 Å². The lowest BCUT2D eigenvalue weighted by Gasteiger charge is -2.34. The zero-order valence-corrected chi connectivity index (χ0v) is 33.0. The molecule has 0 bridgehead atoms. The topological polar surface area (TPSA) is 43.3 Å². The molecule has 0 aliphatic heterocycles. The molecule has 1 aromatic heterocycles. The van der Waals surface area contributed by atoms with Gasteiger partial charge in [0.2, 0.25) is 0 Å². The quantitative estimate of drug-likeness (QED) is 0.121. The average Bonchev–Trinajstić information content (AvgIpc) is 3.81. The molecule has 10 aromatic rings. The first-order valence-electron chi connectivity index (χ1n) is 20.6. The summed E-state index contributed by atoms with van der Waals surface area (Å²) in [7, 11) is 0. The largest absolute Gasteiger partial charge is 0.383 e. The summed E-state index contributed by atoms with van der Waals surface area (Å²) in [4.78, 5) is 5.21. The first kappa shape index (κ1) is 35.4. The maximum Gasteiger partial charge on any atom is 0.126 e. The van der Waals surface area contributed by atoms with Gasteiger partial charge in [0.25, 0.3) is 0 Å². The van der Waals surface area contributed by atoms with Gasteiger partial charge in [-0.15, -0.1) is 0 Å². The summed E-state index contributed by atoms with van der Waals surface area (Å²) in [5.74, 6) is 0.493. The van der Waals surface area contributed by atoms with Crippen LogP contribution in [0.4, 0.5) is 0 Å². The Balaban J connectivity index is 1.17. The van der Waals surface area contributed by atoms with Gasteiger partial charge in [-0.1, -0.05) is 194 Å². The van der Waals surface area contributed by atoms with E-state index in [2.05, 4.69) is 223 Å². The van der Waals surface area contributed by atoms with Crippen LogP contribution in [-0.2, 0) is 5.41 Å². The van der Waals surface area contributed by atoms with E-state index in [0.717, 1.165) is 33.4 Å². The number of amidine groups is 1. The predicted octanol–water partition coefficient (Wildman–Crippen LogP) is 13.3. The summed E-state index contributed by atoms with van der Waals surface area (Å²) in [5, 5.41) is 2.39. The number of fused-ring (bicyclic) bond motifs is 6. The van der Waals surface area contributed by atoms with Crippen LogP contribution in [0.3, 0.4) is 0 Å². The normalized spacial score (nSPS) is 13.1. The van der Waals surface area contributed by atoms with Gasteiger partial charge < -0.3 is 10.3 Å². The number of nitrogens with two attached hydrogens (primary N) is 1. The molecule has 0 atom stereocenters. The summed E-state index contributed by atoms with van der Waals surface area (Å²) in [6, 6.07) is 82.6. The fourth-order valence-corrected chi connectivity index (χ4v) is 9.67. The summed E-state index contributed by atoms with van der Waals surface area (Å²) in [5.41, 5.74) is 22.8. The van der Waals surface area contributed by atoms with Gasteiger partial charge in [0, 0.05) is 22.0 Å². The fraction of sp³-hybridized carbons (Fsp3) is 0.0351. The van der Waals surface area contributed by atoms with E-state index in [9.17, 15) is 0 Å². The van der Waals surface area contributed by atoms with Crippen LogP contribution in [0.5, 0.6) is 0 Å². The molecule has 9 aromatic carbocycles. The number of hydrogen-bond acceptors (Lipinski definition) is 1. The molecule has 0 spiro atoms. The highest BCUT2D eigenvalue weighted by Crippen LogP contribution is 2.57. The Labute approximate surface area is 350 Å². The van der Waals surface area contributed by atoms with Crippen LogP contribution in [-0.4, -0.2) is 10.4 Å². The van der Waals surface area contributed by atoms with Gasteiger partial charge >= 0.3 is 0 Å². The molecule has 0 fully saturated rings. The Hall–Kier alpha value is -7.75. The van der Waals surface area contributed by atoms with Gasteiger partial charge in [-0.2, -0.15) is 0 Å². The molecule has 3 heteroatoms. The highest BCUT2D eigenvalue weighted by Gasteiger charge is 2.46. The lowest BCUT2D eigenvalue weighted by atomic mass is 9.67.